The first-order valence-electron chi connectivity index (χ1n) is 11.6. The van der Waals surface area contributed by atoms with Crippen molar-refractivity contribution in [2.45, 2.75) is 6.04 Å². The van der Waals surface area contributed by atoms with Crippen LogP contribution in [-0.4, -0.2) is 58.8 Å². The summed E-state index contributed by atoms with van der Waals surface area (Å²) in [4.78, 5) is 34.0. The zero-order chi connectivity index (χ0) is 25.4. The lowest BCUT2D eigenvalue weighted by molar-refractivity contribution is -0.139. The molecule has 5 rings (SSSR count). The number of fused-ring (bicyclic) bond motifs is 1. The third-order valence-electron chi connectivity index (χ3n) is 6.65. The van der Waals surface area contributed by atoms with Crippen LogP contribution in [0.3, 0.4) is 0 Å². The number of aliphatic carboxylic acids is 1. The van der Waals surface area contributed by atoms with E-state index in [9.17, 15) is 19.1 Å². The Morgan fingerprint density at radius 1 is 0.972 bits per heavy atom. The summed E-state index contributed by atoms with van der Waals surface area (Å²) in [5, 5.41) is 9.45. The number of carboxylic acid groups (broad SMARTS) is 1. The van der Waals surface area contributed by atoms with Gasteiger partial charge in [0.15, 0.2) is 6.04 Å². The standard InChI is InChI=1S/C27H24F2N4O3/c1-31-12-14-32(15-13-31)18-8-6-17(7-9-18)19-10-11-22-23(24(19)29)26(34)33(16-30-22)25(27(35)36)20-4-2-3-5-21(20)28/h2-11,16,25H,12-15H2,1H3,(H,35,36). The molecule has 1 saturated heterocycles. The van der Waals surface area contributed by atoms with Crippen LogP contribution in [0.25, 0.3) is 22.0 Å². The molecule has 1 N–H and O–H groups in total. The Labute approximate surface area is 205 Å². The van der Waals surface area contributed by atoms with Crippen LogP contribution in [0.15, 0.2) is 71.8 Å². The minimum atomic E-state index is -1.69. The number of hydrogen-bond acceptors (Lipinski definition) is 5. The van der Waals surface area contributed by atoms with Gasteiger partial charge in [-0.25, -0.2) is 18.6 Å². The van der Waals surface area contributed by atoms with E-state index in [4.69, 9.17) is 0 Å². The molecule has 1 aliphatic heterocycles. The minimum Gasteiger partial charge on any atom is -0.479 e. The number of halogens is 2. The first-order valence-corrected chi connectivity index (χ1v) is 11.6. The van der Waals surface area contributed by atoms with Crippen LogP contribution in [0, 0.1) is 11.6 Å². The molecule has 1 unspecified atom stereocenters. The number of benzene rings is 3. The average Bonchev–Trinajstić information content (AvgIpc) is 2.87. The van der Waals surface area contributed by atoms with Gasteiger partial charge in [0.2, 0.25) is 0 Å². The number of piperazine rings is 1. The monoisotopic (exact) mass is 490 g/mol. The Kier molecular flexibility index (Phi) is 6.24. The molecule has 4 aromatic rings. The van der Waals surface area contributed by atoms with E-state index >= 15 is 4.39 Å². The molecule has 1 aromatic heterocycles. The number of aromatic nitrogens is 2. The Bertz CT molecular complexity index is 1500. The zero-order valence-electron chi connectivity index (χ0n) is 19.6. The molecule has 7 nitrogen and oxygen atoms in total. The highest BCUT2D eigenvalue weighted by Gasteiger charge is 2.28. The van der Waals surface area contributed by atoms with Crippen molar-refractivity contribution in [3.05, 3.63) is 94.5 Å². The Balaban J connectivity index is 1.56. The highest BCUT2D eigenvalue weighted by Crippen LogP contribution is 2.29. The van der Waals surface area contributed by atoms with Crippen molar-refractivity contribution in [2.75, 3.05) is 38.1 Å². The van der Waals surface area contributed by atoms with Gasteiger partial charge in [0, 0.05) is 43.0 Å². The Morgan fingerprint density at radius 2 is 1.67 bits per heavy atom. The summed E-state index contributed by atoms with van der Waals surface area (Å²) >= 11 is 0. The van der Waals surface area contributed by atoms with Crippen LogP contribution < -0.4 is 10.5 Å². The van der Waals surface area contributed by atoms with E-state index in [0.717, 1.165) is 48.8 Å². The van der Waals surface area contributed by atoms with E-state index in [1.165, 1.54) is 24.3 Å². The summed E-state index contributed by atoms with van der Waals surface area (Å²) < 4.78 is 30.9. The molecule has 3 aromatic carbocycles. The van der Waals surface area contributed by atoms with Crippen molar-refractivity contribution in [1.29, 1.82) is 0 Å². The van der Waals surface area contributed by atoms with E-state index in [0.29, 0.717) is 5.56 Å². The number of carboxylic acids is 1. The van der Waals surface area contributed by atoms with E-state index < -0.39 is 29.2 Å². The van der Waals surface area contributed by atoms with Crippen molar-refractivity contribution in [2.24, 2.45) is 0 Å². The maximum atomic E-state index is 15.7. The minimum absolute atomic E-state index is 0.0872. The van der Waals surface area contributed by atoms with E-state index in [1.54, 1.807) is 18.2 Å². The Hall–Kier alpha value is -4.11. The maximum absolute atomic E-state index is 15.7. The molecule has 1 aliphatic rings. The lowest BCUT2D eigenvalue weighted by Gasteiger charge is -2.34. The third-order valence-corrected chi connectivity index (χ3v) is 6.65. The van der Waals surface area contributed by atoms with Crippen molar-refractivity contribution >= 4 is 22.6 Å². The molecule has 1 fully saturated rings. The van der Waals surface area contributed by atoms with Crippen molar-refractivity contribution in [3.63, 3.8) is 0 Å². The summed E-state index contributed by atoms with van der Waals surface area (Å²) in [6.45, 7) is 3.73. The fraction of sp³-hybridized carbons (Fsp3) is 0.222. The fourth-order valence-corrected chi connectivity index (χ4v) is 4.60. The second kappa shape index (κ2) is 9.50. The summed E-state index contributed by atoms with van der Waals surface area (Å²) in [5.74, 6) is -3.05. The molecular formula is C27H24F2N4O3. The molecule has 0 saturated carbocycles. The number of rotatable bonds is 5. The fourth-order valence-electron chi connectivity index (χ4n) is 4.60. The first kappa shape index (κ1) is 23.6. The van der Waals surface area contributed by atoms with Crippen molar-refractivity contribution in [1.82, 2.24) is 14.5 Å². The van der Waals surface area contributed by atoms with Gasteiger partial charge in [0.1, 0.15) is 17.0 Å². The highest BCUT2D eigenvalue weighted by atomic mass is 19.1. The third kappa shape index (κ3) is 4.22. The van der Waals surface area contributed by atoms with Gasteiger partial charge < -0.3 is 14.9 Å². The quantitative estimate of drug-likeness (QED) is 0.459. The van der Waals surface area contributed by atoms with E-state index in [-0.39, 0.29) is 22.0 Å². The SMILES string of the molecule is CN1CCN(c2ccc(-c3ccc4ncn(C(C(=O)O)c5ccccc5F)c(=O)c4c3F)cc2)CC1. The number of anilines is 1. The van der Waals surface area contributed by atoms with Crippen LogP contribution in [0.5, 0.6) is 0 Å². The van der Waals surface area contributed by atoms with Gasteiger partial charge in [-0.3, -0.25) is 9.36 Å². The first-order chi connectivity index (χ1) is 17.3. The maximum Gasteiger partial charge on any atom is 0.331 e. The summed E-state index contributed by atoms with van der Waals surface area (Å²) in [6, 6.07) is 14.1. The second-order valence-electron chi connectivity index (χ2n) is 8.88. The van der Waals surface area contributed by atoms with E-state index in [2.05, 4.69) is 21.8 Å². The molecule has 36 heavy (non-hydrogen) atoms. The van der Waals surface area contributed by atoms with Gasteiger partial charge in [0.05, 0.1) is 11.8 Å². The van der Waals surface area contributed by atoms with Gasteiger partial charge in [-0.1, -0.05) is 30.3 Å². The number of likely N-dealkylation sites (N-methyl/N-ethyl adjacent to an activating group) is 1. The number of hydrogen-bond donors (Lipinski definition) is 1. The van der Waals surface area contributed by atoms with E-state index in [1.807, 2.05) is 12.1 Å². The molecule has 0 bridgehead atoms. The van der Waals surface area contributed by atoms with Gasteiger partial charge in [-0.05, 0) is 42.9 Å². The number of carbonyl (C=O) groups is 1. The topological polar surface area (TPSA) is 78.7 Å². The van der Waals surface area contributed by atoms with Crippen LogP contribution >= 0.6 is 0 Å². The summed E-state index contributed by atoms with van der Waals surface area (Å²) in [7, 11) is 2.08. The zero-order valence-corrected chi connectivity index (χ0v) is 19.6. The molecule has 0 amide bonds. The molecule has 1 atom stereocenters. The van der Waals surface area contributed by atoms with Crippen LogP contribution in [-0.2, 0) is 4.79 Å². The molecule has 184 valence electrons. The lowest BCUT2D eigenvalue weighted by atomic mass is 10.0. The molecule has 0 spiro atoms. The summed E-state index contributed by atoms with van der Waals surface area (Å²) in [5.41, 5.74) is 0.775. The largest absolute Gasteiger partial charge is 0.479 e. The number of nitrogens with zero attached hydrogens (tertiary/aromatic N) is 4. The van der Waals surface area contributed by atoms with Crippen LogP contribution in [0.1, 0.15) is 11.6 Å². The van der Waals surface area contributed by atoms with Gasteiger partial charge in [-0.2, -0.15) is 0 Å². The molecule has 2 heterocycles. The van der Waals surface area contributed by atoms with Crippen LogP contribution in [0.2, 0.25) is 0 Å². The van der Waals surface area contributed by atoms with Gasteiger partial charge in [-0.15, -0.1) is 0 Å². The molecule has 0 radical (unpaired) electrons. The lowest BCUT2D eigenvalue weighted by Crippen LogP contribution is -2.44. The van der Waals surface area contributed by atoms with Crippen molar-refractivity contribution < 1.29 is 18.7 Å². The molecule has 0 aliphatic carbocycles. The predicted molar refractivity (Wildman–Crippen MR) is 133 cm³/mol. The second-order valence-corrected chi connectivity index (χ2v) is 8.88. The Morgan fingerprint density at radius 3 is 2.33 bits per heavy atom. The van der Waals surface area contributed by atoms with Crippen LogP contribution in [0.4, 0.5) is 14.5 Å². The van der Waals surface area contributed by atoms with Crippen molar-refractivity contribution in [3.8, 4) is 11.1 Å². The normalized spacial score (nSPS) is 15.2. The highest BCUT2D eigenvalue weighted by molar-refractivity contribution is 5.85. The summed E-state index contributed by atoms with van der Waals surface area (Å²) in [6.07, 6.45) is 1.01. The average molecular weight is 491 g/mol. The van der Waals surface area contributed by atoms with Gasteiger partial charge >= 0.3 is 5.97 Å². The van der Waals surface area contributed by atoms with Gasteiger partial charge in [0.25, 0.3) is 5.56 Å². The predicted octanol–water partition coefficient (Wildman–Crippen LogP) is 3.77. The smallest absolute Gasteiger partial charge is 0.331 e. The molecule has 9 heteroatoms. The molecular weight excluding hydrogens is 466 g/mol.